The number of nitrogens with one attached hydrogen (secondary N) is 1. The largest absolute Gasteiger partial charge is 0.297 e. The van der Waals surface area contributed by atoms with Crippen molar-refractivity contribution in [2.24, 2.45) is 5.92 Å². The van der Waals surface area contributed by atoms with E-state index in [1.165, 1.54) is 0 Å². The highest BCUT2D eigenvalue weighted by Crippen LogP contribution is 2.24. The highest BCUT2D eigenvalue weighted by Gasteiger charge is 2.15. The van der Waals surface area contributed by atoms with E-state index in [0.717, 1.165) is 21.2 Å². The number of nitriles is 1. The monoisotopic (exact) mass is 345 g/mol. The fourth-order valence-electron chi connectivity index (χ4n) is 1.19. The first-order valence-electron chi connectivity index (χ1n) is 4.98. The lowest BCUT2D eigenvalue weighted by Crippen LogP contribution is -2.25. The Bertz CT molecular complexity index is 399. The van der Waals surface area contributed by atoms with E-state index in [1.807, 2.05) is 6.07 Å². The van der Waals surface area contributed by atoms with Crippen LogP contribution >= 0.6 is 31.9 Å². The molecule has 0 aromatic carbocycles. The smallest absolute Gasteiger partial charge is 0.139 e. The van der Waals surface area contributed by atoms with Gasteiger partial charge in [0.05, 0.1) is 11.8 Å². The molecule has 1 aromatic rings. The first-order chi connectivity index (χ1) is 7.54. The highest BCUT2D eigenvalue weighted by atomic mass is 79.9. The maximum atomic E-state index is 9.10. The van der Waals surface area contributed by atoms with Gasteiger partial charge in [0.2, 0.25) is 0 Å². The summed E-state index contributed by atoms with van der Waals surface area (Å²) in [6.07, 6.45) is 1.70. The van der Waals surface area contributed by atoms with Gasteiger partial charge in [-0.25, -0.2) is 0 Å². The van der Waals surface area contributed by atoms with Crippen molar-refractivity contribution in [2.75, 3.05) is 6.54 Å². The van der Waals surface area contributed by atoms with Gasteiger partial charge in [-0.05, 0) is 50.4 Å². The van der Waals surface area contributed by atoms with Gasteiger partial charge in [-0.2, -0.15) is 5.26 Å². The van der Waals surface area contributed by atoms with Crippen LogP contribution in [0.2, 0.25) is 0 Å². The molecular formula is C11H13Br2N3. The molecule has 0 radical (unpaired) electrons. The first-order valence-corrected chi connectivity index (χ1v) is 6.57. The van der Waals surface area contributed by atoms with E-state index in [0.29, 0.717) is 5.92 Å². The average Bonchev–Trinajstić information content (AvgIpc) is 2.21. The van der Waals surface area contributed by atoms with E-state index in [-0.39, 0.29) is 6.04 Å². The lowest BCUT2D eigenvalue weighted by atomic mass is 10.1. The predicted molar refractivity (Wildman–Crippen MR) is 70.8 cm³/mol. The second kappa shape index (κ2) is 6.33. The van der Waals surface area contributed by atoms with Crippen LogP contribution in [0.3, 0.4) is 0 Å². The molecule has 0 aliphatic carbocycles. The van der Waals surface area contributed by atoms with Crippen molar-refractivity contribution >= 4 is 31.9 Å². The second-order valence-electron chi connectivity index (χ2n) is 3.88. The van der Waals surface area contributed by atoms with Gasteiger partial charge in [0.25, 0.3) is 0 Å². The molecule has 0 saturated carbocycles. The summed E-state index contributed by atoms with van der Waals surface area (Å²) in [5.41, 5.74) is 0.728. The van der Waals surface area contributed by atoms with Crippen LogP contribution in [0.1, 0.15) is 25.6 Å². The Morgan fingerprint density at radius 3 is 2.69 bits per heavy atom. The summed E-state index contributed by atoms with van der Waals surface area (Å²) in [4.78, 5) is 4.25. The van der Waals surface area contributed by atoms with E-state index in [2.05, 4.69) is 62.1 Å². The summed E-state index contributed by atoms with van der Waals surface area (Å²) in [6.45, 7) is 5.00. The third-order valence-electron chi connectivity index (χ3n) is 1.97. The Balaban J connectivity index is 2.84. The first kappa shape index (κ1) is 13.6. The molecule has 0 amide bonds. The van der Waals surface area contributed by atoms with Crippen LogP contribution in [0.5, 0.6) is 0 Å². The second-order valence-corrected chi connectivity index (χ2v) is 5.65. The van der Waals surface area contributed by atoms with Gasteiger partial charge >= 0.3 is 0 Å². The molecular weight excluding hydrogens is 334 g/mol. The molecule has 86 valence electrons. The van der Waals surface area contributed by atoms with Crippen LogP contribution in [0.4, 0.5) is 0 Å². The summed E-state index contributed by atoms with van der Waals surface area (Å²) in [6, 6.07) is 3.74. The van der Waals surface area contributed by atoms with Crippen LogP contribution in [-0.4, -0.2) is 11.5 Å². The van der Waals surface area contributed by atoms with Crippen LogP contribution in [-0.2, 0) is 0 Å². The van der Waals surface area contributed by atoms with Crippen molar-refractivity contribution in [3.05, 3.63) is 26.9 Å². The SMILES string of the molecule is CC(C)CNC(C#N)c1ncc(Br)cc1Br. The van der Waals surface area contributed by atoms with Crippen LogP contribution in [0, 0.1) is 17.2 Å². The summed E-state index contributed by atoms with van der Waals surface area (Å²) in [7, 11) is 0. The fraction of sp³-hybridized carbons (Fsp3) is 0.455. The highest BCUT2D eigenvalue weighted by molar-refractivity contribution is 9.11. The molecule has 0 aliphatic rings. The Labute approximate surface area is 113 Å². The zero-order chi connectivity index (χ0) is 12.1. The van der Waals surface area contributed by atoms with Crippen LogP contribution in [0.15, 0.2) is 21.2 Å². The summed E-state index contributed by atoms with van der Waals surface area (Å²) in [5.74, 6) is 0.505. The lowest BCUT2D eigenvalue weighted by molar-refractivity contribution is 0.518. The topological polar surface area (TPSA) is 48.7 Å². The van der Waals surface area contributed by atoms with Crippen molar-refractivity contribution in [3.63, 3.8) is 0 Å². The van der Waals surface area contributed by atoms with E-state index < -0.39 is 0 Å². The van der Waals surface area contributed by atoms with E-state index in [9.17, 15) is 0 Å². The number of hydrogen-bond acceptors (Lipinski definition) is 3. The number of nitrogens with zero attached hydrogens (tertiary/aromatic N) is 2. The zero-order valence-electron chi connectivity index (χ0n) is 9.17. The zero-order valence-corrected chi connectivity index (χ0v) is 12.3. The fourth-order valence-corrected chi connectivity index (χ4v) is 2.41. The summed E-state index contributed by atoms with van der Waals surface area (Å²) in [5, 5.41) is 12.3. The third-order valence-corrected chi connectivity index (χ3v) is 3.04. The van der Waals surface area contributed by atoms with Crippen LogP contribution < -0.4 is 5.32 Å². The summed E-state index contributed by atoms with van der Waals surface area (Å²) < 4.78 is 1.73. The van der Waals surface area contributed by atoms with Crippen molar-refractivity contribution < 1.29 is 0 Å². The number of pyridine rings is 1. The predicted octanol–water partition coefficient (Wildman–Crippen LogP) is 3.42. The molecule has 0 saturated heterocycles. The van der Waals surface area contributed by atoms with Gasteiger partial charge in [0, 0.05) is 15.1 Å². The normalized spacial score (nSPS) is 12.5. The molecule has 3 nitrogen and oxygen atoms in total. The van der Waals surface area contributed by atoms with Crippen LogP contribution in [0.25, 0.3) is 0 Å². The molecule has 1 heterocycles. The molecule has 0 bridgehead atoms. The molecule has 0 fully saturated rings. The van der Waals surface area contributed by atoms with E-state index >= 15 is 0 Å². The van der Waals surface area contributed by atoms with Gasteiger partial charge in [-0.15, -0.1) is 0 Å². The lowest BCUT2D eigenvalue weighted by Gasteiger charge is -2.14. The number of rotatable bonds is 4. The van der Waals surface area contributed by atoms with Gasteiger partial charge in [0.1, 0.15) is 6.04 Å². The van der Waals surface area contributed by atoms with Crippen molar-refractivity contribution in [1.29, 1.82) is 5.26 Å². The molecule has 1 aromatic heterocycles. The molecule has 5 heteroatoms. The molecule has 16 heavy (non-hydrogen) atoms. The van der Waals surface area contributed by atoms with E-state index in [1.54, 1.807) is 6.20 Å². The van der Waals surface area contributed by atoms with Crippen molar-refractivity contribution in [3.8, 4) is 6.07 Å². The minimum Gasteiger partial charge on any atom is -0.297 e. The molecule has 1 atom stereocenters. The minimum absolute atomic E-state index is 0.370. The number of hydrogen-bond donors (Lipinski definition) is 1. The van der Waals surface area contributed by atoms with Gasteiger partial charge in [0.15, 0.2) is 0 Å². The quantitative estimate of drug-likeness (QED) is 0.908. The number of halogens is 2. The Morgan fingerprint density at radius 2 is 2.19 bits per heavy atom. The molecule has 1 N–H and O–H groups in total. The molecule has 0 aliphatic heterocycles. The number of aromatic nitrogens is 1. The van der Waals surface area contributed by atoms with E-state index in [4.69, 9.17) is 5.26 Å². The molecule has 1 rings (SSSR count). The van der Waals surface area contributed by atoms with Gasteiger partial charge in [-0.3, -0.25) is 10.3 Å². The van der Waals surface area contributed by atoms with Crippen molar-refractivity contribution in [2.45, 2.75) is 19.9 Å². The summed E-state index contributed by atoms with van der Waals surface area (Å²) >= 11 is 6.75. The standard InChI is InChI=1S/C11H13Br2N3/c1-7(2)5-15-10(4-14)11-9(13)3-8(12)6-16-11/h3,6-7,10,15H,5H2,1-2H3. The minimum atomic E-state index is -0.370. The average molecular weight is 347 g/mol. The third kappa shape index (κ3) is 3.85. The Morgan fingerprint density at radius 1 is 1.50 bits per heavy atom. The maximum Gasteiger partial charge on any atom is 0.139 e. The molecule has 1 unspecified atom stereocenters. The van der Waals surface area contributed by atoms with Crippen molar-refractivity contribution in [1.82, 2.24) is 10.3 Å². The Hall–Kier alpha value is -0.440. The molecule has 0 spiro atoms. The van der Waals surface area contributed by atoms with Gasteiger partial charge in [-0.1, -0.05) is 13.8 Å². The van der Waals surface area contributed by atoms with Gasteiger partial charge < -0.3 is 0 Å². The Kier molecular flexibility index (Phi) is 5.39. The maximum absolute atomic E-state index is 9.10.